The highest BCUT2D eigenvalue weighted by atomic mass is 19.1. The zero-order valence-corrected chi connectivity index (χ0v) is 24.6. The van der Waals surface area contributed by atoms with Crippen LogP contribution in [0.1, 0.15) is 68.3 Å². The van der Waals surface area contributed by atoms with Crippen molar-refractivity contribution < 1.29 is 32.6 Å². The summed E-state index contributed by atoms with van der Waals surface area (Å²) in [6.07, 6.45) is 0.694. The molecule has 1 atom stereocenters. The molecule has 9 heteroatoms. The van der Waals surface area contributed by atoms with E-state index in [1.54, 1.807) is 11.8 Å². The van der Waals surface area contributed by atoms with Crippen molar-refractivity contribution in [2.45, 2.75) is 70.8 Å². The van der Waals surface area contributed by atoms with E-state index in [2.05, 4.69) is 4.98 Å². The summed E-state index contributed by atoms with van der Waals surface area (Å²) in [6.45, 7) is 9.99. The largest absolute Gasteiger partial charge is 0.461 e. The number of amides is 1. The second-order valence-corrected chi connectivity index (χ2v) is 12.0. The molecule has 2 aliphatic rings. The number of aromatic nitrogens is 1. The number of ether oxygens (including phenoxy) is 3. The fraction of sp³-hybridized carbons (Fsp3) is 0.424. The Morgan fingerprint density at radius 2 is 1.76 bits per heavy atom. The van der Waals surface area contributed by atoms with Gasteiger partial charge in [-0.25, -0.2) is 18.6 Å². The van der Waals surface area contributed by atoms with Crippen molar-refractivity contribution in [2.24, 2.45) is 0 Å². The maximum absolute atomic E-state index is 15.1. The van der Waals surface area contributed by atoms with E-state index in [1.165, 1.54) is 18.2 Å². The number of esters is 1. The van der Waals surface area contributed by atoms with Gasteiger partial charge < -0.3 is 19.1 Å². The molecule has 1 fully saturated rings. The van der Waals surface area contributed by atoms with E-state index in [1.807, 2.05) is 58.0 Å². The summed E-state index contributed by atoms with van der Waals surface area (Å²) < 4.78 is 46.6. The lowest BCUT2D eigenvalue weighted by atomic mass is 9.81. The lowest BCUT2D eigenvalue weighted by Gasteiger charge is -2.46. The van der Waals surface area contributed by atoms with Crippen LogP contribution in [0.3, 0.4) is 0 Å². The molecule has 0 bridgehead atoms. The summed E-state index contributed by atoms with van der Waals surface area (Å²) in [7, 11) is 0. The number of carbonyl (C=O) groups is 2. The minimum Gasteiger partial charge on any atom is -0.461 e. The molecule has 7 nitrogen and oxygen atoms in total. The molecule has 1 aromatic heterocycles. The summed E-state index contributed by atoms with van der Waals surface area (Å²) >= 11 is 0. The van der Waals surface area contributed by atoms with Crippen LogP contribution < -0.4 is 0 Å². The van der Waals surface area contributed by atoms with Crippen molar-refractivity contribution in [3.63, 3.8) is 0 Å². The molecule has 0 radical (unpaired) electrons. The van der Waals surface area contributed by atoms with Gasteiger partial charge in [-0.3, -0.25) is 4.79 Å². The summed E-state index contributed by atoms with van der Waals surface area (Å²) in [5.41, 5.74) is -0.222. The Hall–Kier alpha value is -3.69. The lowest BCUT2D eigenvalue weighted by Crippen LogP contribution is -2.59. The number of halogens is 2. The topological polar surface area (TPSA) is 78.0 Å². The molecular formula is C33H36F2N2O5. The highest BCUT2D eigenvalue weighted by Gasteiger charge is 2.55. The number of nitrogens with zero attached hydrogens (tertiary/aromatic N) is 2. The first-order valence-corrected chi connectivity index (χ1v) is 14.2. The maximum atomic E-state index is 15.1. The smallest absolute Gasteiger partial charge is 0.356 e. The monoisotopic (exact) mass is 578 g/mol. The molecule has 3 heterocycles. The second kappa shape index (κ2) is 11.2. The fourth-order valence-electron chi connectivity index (χ4n) is 6.01. The first kappa shape index (κ1) is 29.8. The van der Waals surface area contributed by atoms with Crippen molar-refractivity contribution in [1.29, 1.82) is 0 Å². The minimum absolute atomic E-state index is 0.0166. The Balaban J connectivity index is 1.57. The van der Waals surface area contributed by atoms with E-state index in [0.717, 1.165) is 11.6 Å². The Bertz CT molecular complexity index is 1510. The molecule has 2 aromatic carbocycles. The Morgan fingerprint density at radius 3 is 2.40 bits per heavy atom. The van der Waals surface area contributed by atoms with Gasteiger partial charge in [-0.2, -0.15) is 0 Å². The quantitative estimate of drug-likeness (QED) is 0.321. The van der Waals surface area contributed by atoms with E-state index >= 15 is 4.39 Å². The van der Waals surface area contributed by atoms with E-state index in [9.17, 15) is 14.0 Å². The molecular weight excluding hydrogens is 542 g/mol. The average molecular weight is 579 g/mol. The fourth-order valence-corrected chi connectivity index (χ4v) is 6.01. The van der Waals surface area contributed by atoms with Gasteiger partial charge in [0, 0.05) is 24.6 Å². The number of rotatable bonds is 7. The van der Waals surface area contributed by atoms with Gasteiger partial charge in [0.25, 0.3) is 5.91 Å². The average Bonchev–Trinajstić information content (AvgIpc) is 3.27. The summed E-state index contributed by atoms with van der Waals surface area (Å²) in [5.74, 6) is -2.37. The zero-order chi connectivity index (χ0) is 30.3. The van der Waals surface area contributed by atoms with E-state index < -0.39 is 34.3 Å². The third-order valence-corrected chi connectivity index (χ3v) is 8.07. The van der Waals surface area contributed by atoms with Crippen molar-refractivity contribution in [3.8, 4) is 11.1 Å². The van der Waals surface area contributed by atoms with Gasteiger partial charge in [-0.15, -0.1) is 0 Å². The first-order valence-electron chi connectivity index (χ1n) is 14.2. The van der Waals surface area contributed by atoms with Crippen molar-refractivity contribution in [1.82, 2.24) is 9.88 Å². The van der Waals surface area contributed by atoms with Crippen molar-refractivity contribution in [3.05, 3.63) is 88.7 Å². The Labute approximate surface area is 244 Å². The van der Waals surface area contributed by atoms with E-state index in [4.69, 9.17) is 14.2 Å². The standard InChI is InChI=1S/C33H36F2N2O5/c1-6-40-29(38)27-17-25(23-13-12-22(34)16-26(23)35)24-14-15-37(32(4,5)28(24)36-27)30(39)33(19-31(2,3)42-20-33)41-18-21-10-8-7-9-11-21/h7-13,16-17H,6,14-15,18-20H2,1-5H3. The lowest BCUT2D eigenvalue weighted by molar-refractivity contribution is -0.167. The number of benzene rings is 2. The van der Waals surface area contributed by atoms with E-state index in [-0.39, 0.29) is 37.0 Å². The number of hydrogen-bond donors (Lipinski definition) is 0. The van der Waals surface area contributed by atoms with E-state index in [0.29, 0.717) is 36.2 Å². The van der Waals surface area contributed by atoms with Crippen LogP contribution in [0.2, 0.25) is 0 Å². The molecule has 42 heavy (non-hydrogen) atoms. The SMILES string of the molecule is CCOC(=O)c1cc(-c2ccc(F)cc2F)c2c(n1)C(C)(C)N(C(=O)C1(OCc3ccccc3)COC(C)(C)C1)CC2. The van der Waals surface area contributed by atoms with Gasteiger partial charge in [-0.05, 0) is 75.9 Å². The van der Waals surface area contributed by atoms with Crippen LogP contribution in [0, 0.1) is 11.6 Å². The highest BCUT2D eigenvalue weighted by molar-refractivity contribution is 5.91. The molecule has 1 amide bonds. The third kappa shape index (κ3) is 5.55. The second-order valence-electron chi connectivity index (χ2n) is 12.0. The number of carbonyl (C=O) groups excluding carboxylic acids is 2. The van der Waals surface area contributed by atoms with Crippen LogP contribution >= 0.6 is 0 Å². The zero-order valence-electron chi connectivity index (χ0n) is 24.6. The molecule has 0 aliphatic carbocycles. The number of hydrogen-bond acceptors (Lipinski definition) is 6. The molecule has 2 aliphatic heterocycles. The van der Waals surface area contributed by atoms with Gasteiger partial charge in [0.15, 0.2) is 5.60 Å². The normalized spacial score (nSPS) is 20.7. The van der Waals surface area contributed by atoms with Crippen LogP contribution in [0.5, 0.6) is 0 Å². The van der Waals surface area contributed by atoms with Crippen LogP contribution in [0.4, 0.5) is 8.78 Å². The maximum Gasteiger partial charge on any atom is 0.356 e. The van der Waals surface area contributed by atoms with Crippen LogP contribution in [0.25, 0.3) is 11.1 Å². The third-order valence-electron chi connectivity index (χ3n) is 8.07. The van der Waals surface area contributed by atoms with Crippen LogP contribution in [-0.2, 0) is 37.6 Å². The molecule has 3 aromatic rings. The molecule has 1 unspecified atom stereocenters. The first-order chi connectivity index (χ1) is 19.9. The number of fused-ring (bicyclic) bond motifs is 1. The molecule has 0 spiro atoms. The summed E-state index contributed by atoms with van der Waals surface area (Å²) in [6, 6.07) is 14.5. The molecule has 5 rings (SSSR count). The highest BCUT2D eigenvalue weighted by Crippen LogP contribution is 2.44. The van der Waals surface area contributed by atoms with Gasteiger partial charge in [0.05, 0.1) is 36.7 Å². The predicted octanol–water partition coefficient (Wildman–Crippen LogP) is 5.98. The van der Waals surface area contributed by atoms with Crippen LogP contribution in [0.15, 0.2) is 54.6 Å². The van der Waals surface area contributed by atoms with Gasteiger partial charge >= 0.3 is 5.97 Å². The van der Waals surface area contributed by atoms with Crippen molar-refractivity contribution in [2.75, 3.05) is 19.8 Å². The van der Waals surface area contributed by atoms with Gasteiger partial charge in [0.2, 0.25) is 0 Å². The minimum atomic E-state index is -1.24. The summed E-state index contributed by atoms with van der Waals surface area (Å²) in [5, 5.41) is 0. The molecule has 0 saturated carbocycles. The molecule has 0 N–H and O–H groups in total. The van der Waals surface area contributed by atoms with Gasteiger partial charge in [-0.1, -0.05) is 30.3 Å². The molecule has 1 saturated heterocycles. The van der Waals surface area contributed by atoms with Crippen LogP contribution in [-0.4, -0.2) is 52.7 Å². The predicted molar refractivity (Wildman–Crippen MR) is 153 cm³/mol. The van der Waals surface area contributed by atoms with Gasteiger partial charge in [0.1, 0.15) is 17.3 Å². The Kier molecular flexibility index (Phi) is 7.94. The summed E-state index contributed by atoms with van der Waals surface area (Å²) in [4.78, 5) is 33.8. The van der Waals surface area contributed by atoms with Crippen molar-refractivity contribution >= 4 is 11.9 Å². The number of pyridine rings is 1. The molecule has 222 valence electrons. The Morgan fingerprint density at radius 1 is 1.02 bits per heavy atom.